The summed E-state index contributed by atoms with van der Waals surface area (Å²) in [6.45, 7) is 1.27. The number of carbonyl (C=O) groups excluding carboxylic acids is 1. The highest BCUT2D eigenvalue weighted by atomic mass is 19.1. The Kier molecular flexibility index (Phi) is 4.83. The second kappa shape index (κ2) is 7.19. The van der Waals surface area contributed by atoms with Gasteiger partial charge in [-0.15, -0.1) is 0 Å². The number of nitrogens with one attached hydrogen (secondary N) is 2. The van der Waals surface area contributed by atoms with E-state index in [1.807, 2.05) is 0 Å². The zero-order valence-corrected chi connectivity index (χ0v) is 12.6. The summed E-state index contributed by atoms with van der Waals surface area (Å²) in [5.41, 5.74) is 1.41. The quantitative estimate of drug-likeness (QED) is 0.908. The van der Waals surface area contributed by atoms with Gasteiger partial charge in [0.1, 0.15) is 11.6 Å². The van der Waals surface area contributed by atoms with Crippen molar-refractivity contribution < 1.29 is 13.9 Å². The fourth-order valence-corrected chi connectivity index (χ4v) is 2.43. The third-order valence-corrected chi connectivity index (χ3v) is 3.74. The minimum Gasteiger partial charge on any atom is -0.381 e. The largest absolute Gasteiger partial charge is 0.381 e. The molecule has 2 aromatic rings. The standard InChI is InChI=1S/C17H18FN3O2/c18-13-1-3-14(4-2-13)20-16-6-5-15(11-19-16)21-17(22)12-7-9-23-10-8-12/h1-6,11-12H,7-10H2,(H,19,20)(H,21,22). The first-order chi connectivity index (χ1) is 11.2. The van der Waals surface area contributed by atoms with Gasteiger partial charge in [-0.1, -0.05) is 0 Å². The number of hydrogen-bond donors (Lipinski definition) is 2. The molecule has 0 saturated carbocycles. The Balaban J connectivity index is 1.58. The molecule has 0 spiro atoms. The molecule has 6 heteroatoms. The number of aromatic nitrogens is 1. The summed E-state index contributed by atoms with van der Waals surface area (Å²) >= 11 is 0. The van der Waals surface area contributed by atoms with Crippen LogP contribution >= 0.6 is 0 Å². The van der Waals surface area contributed by atoms with Crippen LogP contribution in [0.15, 0.2) is 42.6 Å². The van der Waals surface area contributed by atoms with Gasteiger partial charge in [0.05, 0.1) is 11.9 Å². The van der Waals surface area contributed by atoms with E-state index in [9.17, 15) is 9.18 Å². The lowest BCUT2D eigenvalue weighted by Gasteiger charge is -2.21. The molecule has 120 valence electrons. The third kappa shape index (κ3) is 4.26. The first kappa shape index (κ1) is 15.4. The first-order valence-corrected chi connectivity index (χ1v) is 7.58. The fourth-order valence-electron chi connectivity index (χ4n) is 2.43. The van der Waals surface area contributed by atoms with Crippen molar-refractivity contribution in [3.63, 3.8) is 0 Å². The van der Waals surface area contributed by atoms with Crippen LogP contribution in [0.4, 0.5) is 21.6 Å². The number of benzene rings is 1. The van der Waals surface area contributed by atoms with Crippen LogP contribution in [0.1, 0.15) is 12.8 Å². The zero-order valence-electron chi connectivity index (χ0n) is 12.6. The number of carbonyl (C=O) groups is 1. The number of rotatable bonds is 4. The number of hydrogen-bond acceptors (Lipinski definition) is 4. The molecule has 3 rings (SSSR count). The highest BCUT2D eigenvalue weighted by molar-refractivity contribution is 5.92. The Morgan fingerprint density at radius 3 is 2.43 bits per heavy atom. The molecule has 2 heterocycles. The van der Waals surface area contributed by atoms with E-state index in [0.29, 0.717) is 24.7 Å². The SMILES string of the molecule is O=C(Nc1ccc(Nc2ccc(F)cc2)nc1)C1CCOCC1. The van der Waals surface area contributed by atoms with Crippen LogP contribution in [0.25, 0.3) is 0 Å². The first-order valence-electron chi connectivity index (χ1n) is 7.58. The number of halogens is 1. The van der Waals surface area contributed by atoms with E-state index in [1.165, 1.54) is 12.1 Å². The Hall–Kier alpha value is -2.47. The second-order valence-electron chi connectivity index (χ2n) is 5.44. The van der Waals surface area contributed by atoms with Gasteiger partial charge < -0.3 is 15.4 Å². The number of nitrogens with zero attached hydrogens (tertiary/aromatic N) is 1. The third-order valence-electron chi connectivity index (χ3n) is 3.74. The minimum absolute atomic E-state index is 0.000710. The van der Waals surface area contributed by atoms with Crippen molar-refractivity contribution in [2.45, 2.75) is 12.8 Å². The maximum absolute atomic E-state index is 12.9. The van der Waals surface area contributed by atoms with Gasteiger partial charge in [0.2, 0.25) is 5.91 Å². The van der Waals surface area contributed by atoms with E-state index >= 15 is 0 Å². The Bertz CT molecular complexity index is 653. The summed E-state index contributed by atoms with van der Waals surface area (Å²) in [7, 11) is 0. The van der Waals surface area contributed by atoms with Crippen LogP contribution in [0.5, 0.6) is 0 Å². The molecule has 0 atom stereocenters. The fraction of sp³-hybridized carbons (Fsp3) is 0.294. The van der Waals surface area contributed by atoms with Crippen molar-refractivity contribution in [2.24, 2.45) is 5.92 Å². The molecule has 2 N–H and O–H groups in total. The minimum atomic E-state index is -0.283. The molecule has 1 aliphatic heterocycles. The van der Waals surface area contributed by atoms with E-state index in [-0.39, 0.29) is 17.6 Å². The van der Waals surface area contributed by atoms with E-state index in [1.54, 1.807) is 30.5 Å². The Morgan fingerprint density at radius 1 is 1.09 bits per heavy atom. The lowest BCUT2D eigenvalue weighted by molar-refractivity contribution is -0.122. The smallest absolute Gasteiger partial charge is 0.227 e. The molecule has 1 fully saturated rings. The van der Waals surface area contributed by atoms with E-state index in [4.69, 9.17) is 4.74 Å². The van der Waals surface area contributed by atoms with Gasteiger partial charge in [-0.05, 0) is 49.2 Å². The average Bonchev–Trinajstić information content (AvgIpc) is 2.59. The molecule has 1 aliphatic rings. The lowest BCUT2D eigenvalue weighted by Crippen LogP contribution is -2.28. The van der Waals surface area contributed by atoms with E-state index in [2.05, 4.69) is 15.6 Å². The van der Waals surface area contributed by atoms with E-state index < -0.39 is 0 Å². The number of amides is 1. The van der Waals surface area contributed by atoms with Gasteiger partial charge in [-0.2, -0.15) is 0 Å². The van der Waals surface area contributed by atoms with Crippen LogP contribution in [-0.4, -0.2) is 24.1 Å². The van der Waals surface area contributed by atoms with Crippen LogP contribution < -0.4 is 10.6 Å². The van der Waals surface area contributed by atoms with Gasteiger partial charge in [0.15, 0.2) is 0 Å². The zero-order chi connectivity index (χ0) is 16.1. The van der Waals surface area contributed by atoms with Crippen LogP contribution in [0, 0.1) is 11.7 Å². The Labute approximate surface area is 133 Å². The molecule has 1 aromatic heterocycles. The van der Waals surface area contributed by atoms with Gasteiger partial charge in [0, 0.05) is 24.8 Å². The molecule has 0 aliphatic carbocycles. The van der Waals surface area contributed by atoms with Gasteiger partial charge >= 0.3 is 0 Å². The van der Waals surface area contributed by atoms with Crippen molar-refractivity contribution in [3.8, 4) is 0 Å². The molecule has 1 aromatic carbocycles. The topological polar surface area (TPSA) is 63.2 Å². The van der Waals surface area contributed by atoms with Crippen LogP contribution in [0.3, 0.4) is 0 Å². The summed E-state index contributed by atoms with van der Waals surface area (Å²) in [5, 5.41) is 5.94. The molecule has 5 nitrogen and oxygen atoms in total. The van der Waals surface area contributed by atoms with Crippen molar-refractivity contribution >= 4 is 23.1 Å². The molecular weight excluding hydrogens is 297 g/mol. The maximum Gasteiger partial charge on any atom is 0.227 e. The van der Waals surface area contributed by atoms with Gasteiger partial charge in [-0.25, -0.2) is 9.37 Å². The summed E-state index contributed by atoms with van der Waals surface area (Å²) in [6.07, 6.45) is 3.11. The van der Waals surface area contributed by atoms with Crippen LogP contribution in [0.2, 0.25) is 0 Å². The predicted molar refractivity (Wildman–Crippen MR) is 86.1 cm³/mol. The normalized spacial score (nSPS) is 15.2. The van der Waals surface area contributed by atoms with Crippen molar-refractivity contribution in [2.75, 3.05) is 23.8 Å². The molecule has 1 amide bonds. The molecule has 0 bridgehead atoms. The van der Waals surface area contributed by atoms with Crippen molar-refractivity contribution in [3.05, 3.63) is 48.4 Å². The summed E-state index contributed by atoms with van der Waals surface area (Å²) in [6, 6.07) is 9.59. The lowest BCUT2D eigenvalue weighted by atomic mass is 9.99. The molecule has 23 heavy (non-hydrogen) atoms. The average molecular weight is 315 g/mol. The molecule has 1 saturated heterocycles. The van der Waals surface area contributed by atoms with Crippen molar-refractivity contribution in [1.82, 2.24) is 4.98 Å². The highest BCUT2D eigenvalue weighted by Gasteiger charge is 2.21. The number of pyridine rings is 1. The van der Waals surface area contributed by atoms with Gasteiger partial charge in [0.25, 0.3) is 0 Å². The molecule has 0 unspecified atom stereocenters. The number of anilines is 3. The maximum atomic E-state index is 12.9. The summed E-state index contributed by atoms with van der Waals surface area (Å²) in [4.78, 5) is 16.4. The second-order valence-corrected chi connectivity index (χ2v) is 5.44. The monoisotopic (exact) mass is 315 g/mol. The Morgan fingerprint density at radius 2 is 1.78 bits per heavy atom. The number of ether oxygens (including phenoxy) is 1. The summed E-state index contributed by atoms with van der Waals surface area (Å²) < 4.78 is 18.1. The highest BCUT2D eigenvalue weighted by Crippen LogP contribution is 2.19. The summed E-state index contributed by atoms with van der Waals surface area (Å²) in [5.74, 6) is 0.352. The molecule has 0 radical (unpaired) electrons. The van der Waals surface area contributed by atoms with Crippen LogP contribution in [-0.2, 0) is 9.53 Å². The predicted octanol–water partition coefficient (Wildman–Crippen LogP) is 3.33. The van der Waals surface area contributed by atoms with Crippen molar-refractivity contribution in [1.29, 1.82) is 0 Å². The van der Waals surface area contributed by atoms with Gasteiger partial charge in [-0.3, -0.25) is 4.79 Å². The molecular formula is C17H18FN3O2. The van der Waals surface area contributed by atoms with E-state index in [0.717, 1.165) is 18.5 Å².